The Kier molecular flexibility index (Phi) is 3.72. The highest BCUT2D eigenvalue weighted by Gasteiger charge is 2.11. The molecule has 0 aliphatic carbocycles. The molecule has 2 aromatic heterocycles. The van der Waals surface area contributed by atoms with Gasteiger partial charge in [0.1, 0.15) is 12.1 Å². The molecule has 21 heavy (non-hydrogen) atoms. The zero-order chi connectivity index (χ0) is 14.8. The molecular weight excluding hydrogens is 290 g/mol. The second kappa shape index (κ2) is 5.67. The standard InChI is InChI=1S/C14H14ClN5O/c1-20-7-11-13(17-8-18-14(11)19-20)16-6-12(21)9-2-4-10(15)5-3-9/h2-5,7-8,12,21H,6H2,1H3,(H,16,17,18,19). The number of aromatic nitrogens is 4. The van der Waals surface area contributed by atoms with E-state index >= 15 is 0 Å². The van der Waals surface area contributed by atoms with Crippen molar-refractivity contribution in [2.75, 3.05) is 11.9 Å². The van der Waals surface area contributed by atoms with Crippen LogP contribution in [0.4, 0.5) is 5.82 Å². The maximum absolute atomic E-state index is 10.2. The first-order chi connectivity index (χ1) is 10.1. The molecule has 0 saturated carbocycles. The lowest BCUT2D eigenvalue weighted by molar-refractivity contribution is 0.191. The zero-order valence-corrected chi connectivity index (χ0v) is 12.1. The van der Waals surface area contributed by atoms with E-state index in [2.05, 4.69) is 20.4 Å². The summed E-state index contributed by atoms with van der Waals surface area (Å²) in [5, 5.41) is 19.0. The molecule has 0 saturated heterocycles. The van der Waals surface area contributed by atoms with Gasteiger partial charge in [-0.3, -0.25) is 4.68 Å². The Morgan fingerprint density at radius 2 is 2.05 bits per heavy atom. The van der Waals surface area contributed by atoms with Crippen LogP contribution in [0.5, 0.6) is 0 Å². The van der Waals surface area contributed by atoms with Crippen LogP contribution in [0.3, 0.4) is 0 Å². The molecule has 0 aliphatic heterocycles. The predicted octanol–water partition coefficient (Wildman–Crippen LogP) is 2.16. The molecule has 2 N–H and O–H groups in total. The van der Waals surface area contributed by atoms with E-state index < -0.39 is 6.10 Å². The lowest BCUT2D eigenvalue weighted by atomic mass is 10.1. The van der Waals surface area contributed by atoms with Gasteiger partial charge in [-0.05, 0) is 17.7 Å². The molecule has 108 valence electrons. The minimum absolute atomic E-state index is 0.336. The van der Waals surface area contributed by atoms with Gasteiger partial charge < -0.3 is 10.4 Å². The van der Waals surface area contributed by atoms with Crippen LogP contribution >= 0.6 is 11.6 Å². The van der Waals surface area contributed by atoms with Crippen molar-refractivity contribution in [1.82, 2.24) is 19.7 Å². The monoisotopic (exact) mass is 303 g/mol. The molecule has 0 fully saturated rings. The van der Waals surface area contributed by atoms with Crippen molar-refractivity contribution in [2.24, 2.45) is 7.05 Å². The number of rotatable bonds is 4. The number of aliphatic hydroxyl groups is 1. The van der Waals surface area contributed by atoms with Crippen LogP contribution in [0.15, 0.2) is 36.8 Å². The summed E-state index contributed by atoms with van der Waals surface area (Å²) in [5.41, 5.74) is 1.42. The van der Waals surface area contributed by atoms with Gasteiger partial charge in [0.25, 0.3) is 0 Å². The first-order valence-electron chi connectivity index (χ1n) is 6.45. The van der Waals surface area contributed by atoms with E-state index in [0.29, 0.717) is 23.0 Å². The molecule has 6 nitrogen and oxygen atoms in total. The van der Waals surface area contributed by atoms with E-state index in [0.717, 1.165) is 10.9 Å². The summed E-state index contributed by atoms with van der Waals surface area (Å²) < 4.78 is 1.68. The fourth-order valence-corrected chi connectivity index (χ4v) is 2.21. The number of anilines is 1. The van der Waals surface area contributed by atoms with Gasteiger partial charge in [-0.15, -0.1) is 0 Å². The molecule has 0 radical (unpaired) electrons. The highest BCUT2D eigenvalue weighted by Crippen LogP contribution is 2.20. The lowest BCUT2D eigenvalue weighted by Crippen LogP contribution is -2.13. The Labute approximate surface area is 126 Å². The molecule has 0 amide bonds. The van der Waals surface area contributed by atoms with Gasteiger partial charge in [0.15, 0.2) is 5.65 Å². The Balaban J connectivity index is 1.75. The Morgan fingerprint density at radius 1 is 1.29 bits per heavy atom. The van der Waals surface area contributed by atoms with Crippen LogP contribution in [0.25, 0.3) is 11.0 Å². The molecule has 0 spiro atoms. The highest BCUT2D eigenvalue weighted by atomic mass is 35.5. The summed E-state index contributed by atoms with van der Waals surface area (Å²) in [7, 11) is 1.83. The van der Waals surface area contributed by atoms with Crippen molar-refractivity contribution in [2.45, 2.75) is 6.10 Å². The molecule has 1 unspecified atom stereocenters. The number of hydrogen-bond acceptors (Lipinski definition) is 5. The third kappa shape index (κ3) is 2.96. The van der Waals surface area contributed by atoms with Crippen LogP contribution in [0, 0.1) is 0 Å². The van der Waals surface area contributed by atoms with E-state index in [4.69, 9.17) is 11.6 Å². The van der Waals surface area contributed by atoms with Gasteiger partial charge in [0.05, 0.1) is 11.5 Å². The highest BCUT2D eigenvalue weighted by molar-refractivity contribution is 6.30. The largest absolute Gasteiger partial charge is 0.387 e. The molecule has 0 aliphatic rings. The van der Waals surface area contributed by atoms with Gasteiger partial charge in [0, 0.05) is 24.8 Å². The molecule has 1 aromatic carbocycles. The van der Waals surface area contributed by atoms with Gasteiger partial charge in [-0.2, -0.15) is 5.10 Å². The number of fused-ring (bicyclic) bond motifs is 1. The SMILES string of the molecule is Cn1cc2c(NCC(O)c3ccc(Cl)cc3)ncnc2n1. The normalized spacial score (nSPS) is 12.5. The van der Waals surface area contributed by atoms with Gasteiger partial charge in [-0.25, -0.2) is 9.97 Å². The quantitative estimate of drug-likeness (QED) is 0.772. The Morgan fingerprint density at radius 3 is 2.81 bits per heavy atom. The van der Waals surface area contributed by atoms with Crippen LogP contribution in [0.1, 0.15) is 11.7 Å². The molecule has 3 rings (SSSR count). The van der Waals surface area contributed by atoms with Crippen LogP contribution in [-0.2, 0) is 7.05 Å². The average Bonchev–Trinajstić information content (AvgIpc) is 2.86. The van der Waals surface area contributed by atoms with Crippen molar-refractivity contribution >= 4 is 28.5 Å². The molecule has 0 bridgehead atoms. The van der Waals surface area contributed by atoms with Crippen molar-refractivity contribution in [3.63, 3.8) is 0 Å². The van der Waals surface area contributed by atoms with Crippen molar-refractivity contribution < 1.29 is 5.11 Å². The zero-order valence-electron chi connectivity index (χ0n) is 11.4. The molecule has 2 heterocycles. The van der Waals surface area contributed by atoms with Crippen LogP contribution < -0.4 is 5.32 Å². The fraction of sp³-hybridized carbons (Fsp3) is 0.214. The number of aliphatic hydroxyl groups excluding tert-OH is 1. The average molecular weight is 304 g/mol. The second-order valence-electron chi connectivity index (χ2n) is 4.71. The number of hydrogen-bond donors (Lipinski definition) is 2. The summed E-state index contributed by atoms with van der Waals surface area (Å²) in [6.45, 7) is 0.336. The Bertz CT molecular complexity index is 756. The summed E-state index contributed by atoms with van der Waals surface area (Å²) >= 11 is 5.83. The number of nitrogens with one attached hydrogen (secondary N) is 1. The number of benzene rings is 1. The Hall–Kier alpha value is -2.18. The van der Waals surface area contributed by atoms with E-state index in [1.807, 2.05) is 13.2 Å². The maximum Gasteiger partial charge on any atom is 0.186 e. The predicted molar refractivity (Wildman–Crippen MR) is 81.2 cm³/mol. The van der Waals surface area contributed by atoms with Gasteiger partial charge >= 0.3 is 0 Å². The third-order valence-electron chi connectivity index (χ3n) is 3.15. The minimum Gasteiger partial charge on any atom is -0.387 e. The number of aryl methyl sites for hydroxylation is 1. The molecular formula is C14H14ClN5O. The smallest absolute Gasteiger partial charge is 0.186 e. The van der Waals surface area contributed by atoms with E-state index in [-0.39, 0.29) is 0 Å². The first kappa shape index (κ1) is 13.8. The molecule has 1 atom stereocenters. The van der Waals surface area contributed by atoms with E-state index in [9.17, 15) is 5.11 Å². The molecule has 7 heteroatoms. The fourth-order valence-electron chi connectivity index (χ4n) is 2.09. The van der Waals surface area contributed by atoms with Gasteiger partial charge in [0.2, 0.25) is 0 Å². The van der Waals surface area contributed by atoms with Crippen molar-refractivity contribution in [3.8, 4) is 0 Å². The summed E-state index contributed by atoms with van der Waals surface area (Å²) in [6.07, 6.45) is 2.64. The van der Waals surface area contributed by atoms with Gasteiger partial charge in [-0.1, -0.05) is 23.7 Å². The number of halogens is 1. The van der Waals surface area contributed by atoms with Crippen molar-refractivity contribution in [1.29, 1.82) is 0 Å². The first-order valence-corrected chi connectivity index (χ1v) is 6.83. The molecule has 3 aromatic rings. The number of nitrogens with zero attached hydrogens (tertiary/aromatic N) is 4. The summed E-state index contributed by atoms with van der Waals surface area (Å²) in [4.78, 5) is 8.29. The van der Waals surface area contributed by atoms with E-state index in [1.54, 1.807) is 28.9 Å². The van der Waals surface area contributed by atoms with Crippen LogP contribution in [0.2, 0.25) is 5.02 Å². The third-order valence-corrected chi connectivity index (χ3v) is 3.40. The topological polar surface area (TPSA) is 75.9 Å². The van der Waals surface area contributed by atoms with E-state index in [1.165, 1.54) is 6.33 Å². The second-order valence-corrected chi connectivity index (χ2v) is 5.15. The van der Waals surface area contributed by atoms with Crippen molar-refractivity contribution in [3.05, 3.63) is 47.4 Å². The maximum atomic E-state index is 10.2. The summed E-state index contributed by atoms with van der Waals surface area (Å²) in [6, 6.07) is 7.11. The van der Waals surface area contributed by atoms with Crippen LogP contribution in [-0.4, -0.2) is 31.4 Å². The minimum atomic E-state index is -0.649. The lowest BCUT2D eigenvalue weighted by Gasteiger charge is -2.13. The summed E-state index contributed by atoms with van der Waals surface area (Å²) in [5.74, 6) is 0.654.